The number of terminal acetylenes is 1. The third kappa shape index (κ3) is 37.2. The van der Waals surface area contributed by atoms with Crippen molar-refractivity contribution in [3.05, 3.63) is 101 Å². The van der Waals surface area contributed by atoms with Gasteiger partial charge in [-0.3, -0.25) is 71.9 Å². The summed E-state index contributed by atoms with van der Waals surface area (Å²) in [5.41, 5.74) is -15.3. The number of carbonyl (C=O) groups excluding carboxylic acids is 15. The van der Waals surface area contributed by atoms with E-state index in [1.165, 1.54) is 76.3 Å². The molecule has 0 amide bonds. The Morgan fingerprint density at radius 1 is 0.222 bits per heavy atom. The van der Waals surface area contributed by atoms with E-state index in [4.69, 9.17) is 77.5 Å². The highest BCUT2D eigenvalue weighted by molar-refractivity contribution is 5.85. The summed E-state index contributed by atoms with van der Waals surface area (Å²) in [6, 6.07) is 0. The Morgan fingerprint density at radius 2 is 0.333 bits per heavy atom. The quantitative estimate of drug-likeness (QED) is 0.0238. The average Bonchev–Trinajstić information content (AvgIpc) is 0.816. The Hall–Kier alpha value is -10.5. The lowest BCUT2D eigenvalue weighted by Gasteiger charge is -2.34. The molecule has 0 heterocycles. The summed E-state index contributed by atoms with van der Waals surface area (Å²) >= 11 is 0. The van der Waals surface area contributed by atoms with Gasteiger partial charge in [-0.05, 0) is 99.8 Å². The monoisotopic (exact) mass is 1520 g/mol. The minimum atomic E-state index is -2.41. The summed E-state index contributed by atoms with van der Waals surface area (Å²) in [6.45, 7) is 23.0. The molecular formula is C78H108O30. The molecule has 0 atom stereocenters. The Labute approximate surface area is 631 Å². The van der Waals surface area contributed by atoms with Gasteiger partial charge >= 0.3 is 89.5 Å². The Balaban J connectivity index is 8.29. The summed E-state index contributed by atoms with van der Waals surface area (Å²) in [5.74, 6) is -13.5. The van der Waals surface area contributed by atoms with Crippen molar-refractivity contribution in [1.29, 1.82) is 0 Å². The molecule has 0 N–H and O–H groups in total. The van der Waals surface area contributed by atoms with Gasteiger partial charge in [-0.15, -0.1) is 59.1 Å². The first-order valence-electron chi connectivity index (χ1n) is 34.7. The lowest BCUT2D eigenvalue weighted by atomic mass is 9.89. The first-order valence-corrected chi connectivity index (χ1v) is 34.7. The van der Waals surface area contributed by atoms with Crippen LogP contribution in [0.5, 0.6) is 0 Å². The molecule has 0 saturated carbocycles. The van der Waals surface area contributed by atoms with Gasteiger partial charge in [0.05, 0.1) is 0 Å². The molecule has 0 spiro atoms. The fourth-order valence-electron chi connectivity index (χ4n) is 8.05. The third-order valence-corrected chi connectivity index (χ3v) is 15.7. The number of rotatable bonds is 60. The molecule has 0 aliphatic heterocycles. The molecular weight excluding hydrogens is 1420 g/mol. The zero-order chi connectivity index (χ0) is 82.1. The van der Waals surface area contributed by atoms with Gasteiger partial charge < -0.3 is 71.1 Å². The Morgan fingerprint density at radius 3 is 0.444 bits per heavy atom. The number of esters is 15. The second kappa shape index (κ2) is 50.9. The lowest BCUT2D eigenvalue weighted by molar-refractivity contribution is -0.185. The normalized spacial score (nSPS) is 11.4. The Bertz CT molecular complexity index is 2730. The molecule has 0 fully saturated rings. The van der Waals surface area contributed by atoms with Crippen molar-refractivity contribution >= 4 is 89.5 Å². The van der Waals surface area contributed by atoms with Crippen LogP contribution in [0.3, 0.4) is 0 Å². The highest BCUT2D eigenvalue weighted by Crippen LogP contribution is 2.33. The van der Waals surface area contributed by atoms with Crippen LogP contribution < -0.4 is 0 Å². The van der Waals surface area contributed by atoms with Crippen LogP contribution in [0.25, 0.3) is 0 Å². The van der Waals surface area contributed by atoms with Crippen molar-refractivity contribution in [2.24, 2.45) is 37.9 Å². The number of allylic oxidation sites excluding steroid dienone is 8. The van der Waals surface area contributed by atoms with E-state index in [1.807, 2.05) is 0 Å². The number of hydrogen-bond acceptors (Lipinski definition) is 30. The average molecular weight is 1530 g/mol. The van der Waals surface area contributed by atoms with E-state index in [-0.39, 0.29) is 103 Å². The molecule has 0 rings (SSSR count). The molecule has 0 aliphatic carbocycles. The van der Waals surface area contributed by atoms with Crippen molar-refractivity contribution in [2.45, 2.75) is 151 Å². The fraction of sp³-hybridized carbons (Fsp3) is 0.577. The maximum Gasteiger partial charge on any atom is 0.319 e. The van der Waals surface area contributed by atoms with Crippen molar-refractivity contribution in [3.8, 4) is 12.3 Å². The van der Waals surface area contributed by atoms with Crippen molar-refractivity contribution in [1.82, 2.24) is 0 Å². The van der Waals surface area contributed by atoms with E-state index in [1.54, 1.807) is 0 Å². The zero-order valence-corrected chi connectivity index (χ0v) is 63.5. The SMILES string of the molecule is C#CCOC(=O)C(C)(COC(=O)C(C)(COC(=O)C(C)(COC(=O)CCC=C)COC(=O)CCC=C)COC(=O)C(C)(COC(=O)CCC=C)COC(=O)CCC=C)COC(=O)C(C)(COC(=O)C(C)(COC(=O)CCC=C)COC(=O)CCC=C)COC(=O)C(C)(COC(=O)CCC=C)COC(=O)CCC=C. The van der Waals surface area contributed by atoms with Crippen LogP contribution in [0, 0.1) is 50.2 Å². The van der Waals surface area contributed by atoms with E-state index >= 15 is 0 Å². The minimum absolute atomic E-state index is 0.171. The summed E-state index contributed by atoms with van der Waals surface area (Å²) in [6.07, 6.45) is 17.0. The lowest BCUT2D eigenvalue weighted by Crippen LogP contribution is -2.49. The fourth-order valence-corrected chi connectivity index (χ4v) is 8.05. The van der Waals surface area contributed by atoms with Gasteiger partial charge in [-0.2, -0.15) is 0 Å². The van der Waals surface area contributed by atoms with Gasteiger partial charge in [0.15, 0.2) is 6.61 Å². The van der Waals surface area contributed by atoms with Gasteiger partial charge in [-0.1, -0.05) is 54.5 Å². The molecule has 0 aromatic carbocycles. The van der Waals surface area contributed by atoms with Crippen LogP contribution in [0.4, 0.5) is 0 Å². The second-order valence-corrected chi connectivity index (χ2v) is 27.1. The molecule has 0 saturated heterocycles. The first kappa shape index (κ1) is 97.5. The summed E-state index contributed by atoms with van der Waals surface area (Å²) in [5, 5.41) is 0. The molecule has 0 radical (unpaired) electrons. The van der Waals surface area contributed by atoms with Crippen LogP contribution in [-0.2, 0) is 143 Å². The van der Waals surface area contributed by atoms with Crippen molar-refractivity contribution < 1.29 is 143 Å². The number of carbonyl (C=O) groups is 15. The highest BCUT2D eigenvalue weighted by Gasteiger charge is 2.50. The molecule has 30 nitrogen and oxygen atoms in total. The molecule has 108 heavy (non-hydrogen) atoms. The van der Waals surface area contributed by atoms with E-state index in [9.17, 15) is 71.9 Å². The maximum absolute atomic E-state index is 15.0. The summed E-state index contributed by atoms with van der Waals surface area (Å²) < 4.78 is 82.9. The van der Waals surface area contributed by atoms with Crippen LogP contribution in [0.15, 0.2) is 101 Å². The first-order chi connectivity index (χ1) is 50.9. The topological polar surface area (TPSA) is 394 Å². The second-order valence-electron chi connectivity index (χ2n) is 27.1. The zero-order valence-electron chi connectivity index (χ0n) is 63.5. The van der Waals surface area contributed by atoms with E-state index < -0.39 is 227 Å². The van der Waals surface area contributed by atoms with Crippen LogP contribution in [0.2, 0.25) is 0 Å². The molecule has 0 aliphatic rings. The molecule has 30 heteroatoms. The molecule has 600 valence electrons. The van der Waals surface area contributed by atoms with E-state index in [2.05, 4.69) is 58.6 Å². The third-order valence-electron chi connectivity index (χ3n) is 15.7. The van der Waals surface area contributed by atoms with Crippen LogP contribution in [-0.4, -0.2) is 189 Å². The molecule has 0 aromatic heterocycles. The summed E-state index contributed by atoms with van der Waals surface area (Å²) in [4.78, 5) is 204. The smallest absolute Gasteiger partial charge is 0.319 e. The standard InChI is InChI=1S/C78H108O30/c1-17-26-34-57(79)95-43-72(10,44-96-58(80)35-27-18-2)66(88)105-53-77(15,54-106-67(89)73(11,45-97-59(81)36-28-19-3)46-98-60(82)37-29-20-4)70(92)103-51-76(14,65(87)94-42-25-9)52-104-71(93)78(16,55-107-68(90)74(12,47-99-61(83)38-30-21-5)48-100-62(84)39-31-22-6)56-108-69(91)75(13,49-101-63(85)40-32-23-7)50-102-64(86)41-33-24-8/h9,17-24H,1-8,26-56H2,10-16H3. The van der Waals surface area contributed by atoms with Crippen LogP contribution in [0.1, 0.15) is 151 Å². The minimum Gasteiger partial charge on any atom is -0.464 e. The number of ether oxygens (including phenoxy) is 15. The van der Waals surface area contributed by atoms with Crippen molar-refractivity contribution in [2.75, 3.05) is 99.1 Å². The maximum atomic E-state index is 15.0. The largest absolute Gasteiger partial charge is 0.464 e. The van der Waals surface area contributed by atoms with Crippen molar-refractivity contribution in [3.63, 3.8) is 0 Å². The molecule has 0 aromatic rings. The van der Waals surface area contributed by atoms with Gasteiger partial charge in [0.2, 0.25) is 0 Å². The predicted octanol–water partition coefficient (Wildman–Crippen LogP) is 8.54. The number of hydrogen-bond donors (Lipinski definition) is 0. The van der Waals surface area contributed by atoms with Gasteiger partial charge in [0.1, 0.15) is 130 Å². The summed E-state index contributed by atoms with van der Waals surface area (Å²) in [7, 11) is 0. The molecule has 0 bridgehead atoms. The molecule has 0 unspecified atom stereocenters. The highest BCUT2D eigenvalue weighted by atomic mass is 16.6. The van der Waals surface area contributed by atoms with Gasteiger partial charge in [0, 0.05) is 51.4 Å². The van der Waals surface area contributed by atoms with Gasteiger partial charge in [0.25, 0.3) is 0 Å². The van der Waals surface area contributed by atoms with E-state index in [0.29, 0.717) is 0 Å². The Kier molecular flexibility index (Phi) is 46.0. The predicted molar refractivity (Wildman–Crippen MR) is 385 cm³/mol. The van der Waals surface area contributed by atoms with Gasteiger partial charge in [-0.25, -0.2) is 0 Å². The van der Waals surface area contributed by atoms with Crippen LogP contribution >= 0.6 is 0 Å². The van der Waals surface area contributed by atoms with E-state index in [0.717, 1.165) is 20.8 Å².